The van der Waals surface area contributed by atoms with Gasteiger partial charge in [0, 0.05) is 51.1 Å². The minimum absolute atomic E-state index is 0.0496. The maximum Gasteiger partial charge on any atom is 0.221 e. The van der Waals surface area contributed by atoms with E-state index in [1.165, 1.54) is 18.5 Å². The Morgan fingerprint density at radius 2 is 1.91 bits per heavy atom. The Morgan fingerprint density at radius 1 is 1.22 bits per heavy atom. The lowest BCUT2D eigenvalue weighted by molar-refractivity contribution is -0.121. The fourth-order valence-corrected chi connectivity index (χ4v) is 2.76. The molecule has 1 fully saturated rings. The monoisotopic (exact) mass is 319 g/mol. The lowest BCUT2D eigenvalue weighted by Crippen LogP contribution is -2.32. The number of piperidine rings is 1. The number of amides is 1. The molecule has 0 spiro atoms. The van der Waals surface area contributed by atoms with Gasteiger partial charge in [-0.1, -0.05) is 6.92 Å². The van der Waals surface area contributed by atoms with E-state index in [2.05, 4.69) is 46.7 Å². The predicted molar refractivity (Wildman–Crippen MR) is 95.0 cm³/mol. The summed E-state index contributed by atoms with van der Waals surface area (Å²) in [5.41, 5.74) is 2.35. The van der Waals surface area contributed by atoms with Crippen molar-refractivity contribution in [2.24, 2.45) is 5.92 Å². The maximum atomic E-state index is 11.6. The van der Waals surface area contributed by atoms with Crippen molar-refractivity contribution >= 4 is 17.3 Å². The van der Waals surface area contributed by atoms with Crippen molar-refractivity contribution in [2.75, 3.05) is 50.1 Å². The maximum absolute atomic E-state index is 11.6. The van der Waals surface area contributed by atoms with Crippen molar-refractivity contribution in [3.63, 3.8) is 0 Å². The molecule has 23 heavy (non-hydrogen) atoms. The van der Waals surface area contributed by atoms with E-state index in [4.69, 9.17) is 4.74 Å². The first kappa shape index (κ1) is 17.6. The molecule has 2 N–H and O–H groups in total. The summed E-state index contributed by atoms with van der Waals surface area (Å²) in [5, 5.41) is 6.11. The van der Waals surface area contributed by atoms with Gasteiger partial charge in [0.2, 0.25) is 5.91 Å². The van der Waals surface area contributed by atoms with Crippen LogP contribution in [0.25, 0.3) is 0 Å². The Bertz CT molecular complexity index is 468. The molecule has 1 aromatic rings. The highest BCUT2D eigenvalue weighted by molar-refractivity contribution is 5.76. The van der Waals surface area contributed by atoms with Gasteiger partial charge in [-0.05, 0) is 43.0 Å². The van der Waals surface area contributed by atoms with E-state index in [1.54, 1.807) is 7.11 Å². The summed E-state index contributed by atoms with van der Waals surface area (Å²) >= 11 is 0. The van der Waals surface area contributed by atoms with Gasteiger partial charge in [0.25, 0.3) is 0 Å². The van der Waals surface area contributed by atoms with Crippen molar-refractivity contribution in [1.29, 1.82) is 0 Å². The Labute approximate surface area is 139 Å². The number of nitrogens with zero attached hydrogens (tertiary/aromatic N) is 1. The summed E-state index contributed by atoms with van der Waals surface area (Å²) in [6.45, 7) is 6.38. The minimum atomic E-state index is 0.0496. The highest BCUT2D eigenvalue weighted by Gasteiger charge is 2.15. The third-order valence-electron chi connectivity index (χ3n) is 4.33. The van der Waals surface area contributed by atoms with Crippen LogP contribution < -0.4 is 15.5 Å². The number of nitrogens with one attached hydrogen (secondary N) is 2. The van der Waals surface area contributed by atoms with Gasteiger partial charge in [-0.2, -0.15) is 0 Å². The molecule has 1 aliphatic rings. The largest absolute Gasteiger partial charge is 0.385 e. The zero-order chi connectivity index (χ0) is 16.5. The third-order valence-corrected chi connectivity index (χ3v) is 4.33. The summed E-state index contributed by atoms with van der Waals surface area (Å²) in [4.78, 5) is 14.0. The van der Waals surface area contributed by atoms with Gasteiger partial charge in [0.15, 0.2) is 0 Å². The molecule has 0 atom stereocenters. The Balaban J connectivity index is 1.69. The van der Waals surface area contributed by atoms with Crippen LogP contribution in [0.3, 0.4) is 0 Å². The zero-order valence-corrected chi connectivity index (χ0v) is 14.3. The summed E-state index contributed by atoms with van der Waals surface area (Å²) < 4.78 is 4.90. The molecule has 0 bridgehead atoms. The van der Waals surface area contributed by atoms with E-state index < -0.39 is 0 Å². The number of methoxy groups -OCH3 is 1. The SMILES string of the molecule is COCCNC(=O)CCNc1ccc(N2CCC(C)CC2)cc1. The Hall–Kier alpha value is -1.75. The van der Waals surface area contributed by atoms with Gasteiger partial charge in [0.1, 0.15) is 0 Å². The molecule has 0 aliphatic carbocycles. The number of hydrogen-bond donors (Lipinski definition) is 2. The highest BCUT2D eigenvalue weighted by Crippen LogP contribution is 2.24. The molecule has 5 nitrogen and oxygen atoms in total. The normalized spacial score (nSPS) is 15.5. The van der Waals surface area contributed by atoms with Crippen molar-refractivity contribution < 1.29 is 9.53 Å². The zero-order valence-electron chi connectivity index (χ0n) is 14.3. The van der Waals surface area contributed by atoms with E-state index in [9.17, 15) is 4.79 Å². The topological polar surface area (TPSA) is 53.6 Å². The molecule has 2 rings (SSSR count). The standard InChI is InChI=1S/C18H29N3O2/c1-15-8-12-21(13-9-15)17-5-3-16(4-6-17)19-10-7-18(22)20-11-14-23-2/h3-6,15,19H,7-14H2,1-2H3,(H,20,22). The quantitative estimate of drug-likeness (QED) is 0.723. The smallest absolute Gasteiger partial charge is 0.221 e. The molecule has 1 saturated heterocycles. The van der Waals surface area contributed by atoms with Crippen LogP contribution in [0, 0.1) is 5.92 Å². The molecule has 5 heteroatoms. The summed E-state index contributed by atoms with van der Waals surface area (Å²) in [6, 6.07) is 8.51. The molecule has 1 aromatic carbocycles. The predicted octanol–water partition coefficient (Wildman–Crippen LogP) is 2.49. The first-order valence-corrected chi connectivity index (χ1v) is 8.53. The van der Waals surface area contributed by atoms with Crippen LogP contribution >= 0.6 is 0 Å². The van der Waals surface area contributed by atoms with E-state index in [0.717, 1.165) is 24.7 Å². The molecule has 1 aliphatic heterocycles. The van der Waals surface area contributed by atoms with E-state index in [0.29, 0.717) is 26.1 Å². The lowest BCUT2D eigenvalue weighted by Gasteiger charge is -2.32. The van der Waals surface area contributed by atoms with Crippen LogP contribution in [0.4, 0.5) is 11.4 Å². The molecule has 0 aromatic heterocycles. The first-order chi connectivity index (χ1) is 11.2. The van der Waals surface area contributed by atoms with Crippen LogP contribution in [-0.2, 0) is 9.53 Å². The molecule has 0 unspecified atom stereocenters. The fraction of sp³-hybridized carbons (Fsp3) is 0.611. The lowest BCUT2D eigenvalue weighted by atomic mass is 9.99. The molecule has 1 amide bonds. The molecule has 0 radical (unpaired) electrons. The van der Waals surface area contributed by atoms with Gasteiger partial charge in [-0.25, -0.2) is 0 Å². The number of carbonyl (C=O) groups is 1. The molecule has 1 heterocycles. The number of benzene rings is 1. The van der Waals surface area contributed by atoms with Crippen molar-refractivity contribution in [3.8, 4) is 0 Å². The average molecular weight is 319 g/mol. The summed E-state index contributed by atoms with van der Waals surface area (Å²) in [5.74, 6) is 0.899. The van der Waals surface area contributed by atoms with Crippen LogP contribution in [0.15, 0.2) is 24.3 Å². The second kappa shape index (κ2) is 9.40. The number of ether oxygens (including phenoxy) is 1. The van der Waals surface area contributed by atoms with Crippen LogP contribution in [0.2, 0.25) is 0 Å². The van der Waals surface area contributed by atoms with Gasteiger partial charge >= 0.3 is 0 Å². The second-order valence-corrected chi connectivity index (χ2v) is 6.24. The first-order valence-electron chi connectivity index (χ1n) is 8.53. The van der Waals surface area contributed by atoms with Gasteiger partial charge in [-0.15, -0.1) is 0 Å². The van der Waals surface area contributed by atoms with Gasteiger partial charge < -0.3 is 20.3 Å². The van der Waals surface area contributed by atoms with Gasteiger partial charge in [0.05, 0.1) is 6.61 Å². The minimum Gasteiger partial charge on any atom is -0.385 e. The third kappa shape index (κ3) is 6.10. The average Bonchev–Trinajstić information content (AvgIpc) is 2.57. The van der Waals surface area contributed by atoms with Crippen molar-refractivity contribution in [3.05, 3.63) is 24.3 Å². The Kier molecular flexibility index (Phi) is 7.20. The summed E-state index contributed by atoms with van der Waals surface area (Å²) in [6.07, 6.45) is 3.02. The van der Waals surface area contributed by atoms with Crippen LogP contribution in [-0.4, -0.2) is 45.8 Å². The molecular formula is C18H29N3O2. The van der Waals surface area contributed by atoms with E-state index >= 15 is 0 Å². The van der Waals surface area contributed by atoms with E-state index in [-0.39, 0.29) is 5.91 Å². The van der Waals surface area contributed by atoms with Crippen LogP contribution in [0.1, 0.15) is 26.2 Å². The van der Waals surface area contributed by atoms with E-state index in [1.807, 2.05) is 0 Å². The fourth-order valence-electron chi connectivity index (χ4n) is 2.76. The van der Waals surface area contributed by atoms with Gasteiger partial charge in [-0.3, -0.25) is 4.79 Å². The molecule has 0 saturated carbocycles. The van der Waals surface area contributed by atoms with Crippen molar-refractivity contribution in [2.45, 2.75) is 26.2 Å². The molecule has 128 valence electrons. The summed E-state index contributed by atoms with van der Waals surface area (Å²) in [7, 11) is 1.63. The number of rotatable bonds is 8. The van der Waals surface area contributed by atoms with Crippen molar-refractivity contribution in [1.82, 2.24) is 5.32 Å². The number of carbonyl (C=O) groups excluding carboxylic acids is 1. The Morgan fingerprint density at radius 3 is 2.57 bits per heavy atom. The number of anilines is 2. The molecular weight excluding hydrogens is 290 g/mol. The highest BCUT2D eigenvalue weighted by atomic mass is 16.5. The second-order valence-electron chi connectivity index (χ2n) is 6.24. The number of hydrogen-bond acceptors (Lipinski definition) is 4. The van der Waals surface area contributed by atoms with Crippen LogP contribution in [0.5, 0.6) is 0 Å².